The maximum absolute atomic E-state index is 11.6. The molecule has 0 bridgehead atoms. The fourth-order valence-corrected chi connectivity index (χ4v) is 2.94. The van der Waals surface area contributed by atoms with E-state index in [1.165, 1.54) is 29.3 Å². The molecule has 29 heavy (non-hydrogen) atoms. The molecule has 0 heterocycles. The number of hydrogen-bond acceptors (Lipinski definition) is 7. The fraction of sp³-hybridized carbons (Fsp3) is 0.235. The van der Waals surface area contributed by atoms with Gasteiger partial charge >= 0.3 is 5.97 Å². The van der Waals surface area contributed by atoms with E-state index in [1.54, 1.807) is 20.8 Å². The number of nitrogens with zero attached hydrogens (tertiary/aromatic N) is 4. The smallest absolute Gasteiger partial charge is 0.337 e. The van der Waals surface area contributed by atoms with E-state index in [-0.39, 0.29) is 17.4 Å². The van der Waals surface area contributed by atoms with Crippen LogP contribution in [0.5, 0.6) is 0 Å². The highest BCUT2D eigenvalue weighted by atomic mass is 32.2. The maximum Gasteiger partial charge on any atom is 0.337 e. The first-order valence-corrected chi connectivity index (χ1v) is 9.66. The van der Waals surface area contributed by atoms with Gasteiger partial charge in [-0.05, 0) is 50.6 Å². The van der Waals surface area contributed by atoms with Gasteiger partial charge in [0.25, 0.3) is 15.8 Å². The summed E-state index contributed by atoms with van der Waals surface area (Å²) >= 11 is 0. The van der Waals surface area contributed by atoms with Crippen molar-refractivity contribution < 1.29 is 27.8 Å². The van der Waals surface area contributed by atoms with Crippen LogP contribution in [0.15, 0.2) is 51.6 Å². The van der Waals surface area contributed by atoms with Gasteiger partial charge in [0.2, 0.25) is 0 Å². The lowest BCUT2D eigenvalue weighted by atomic mass is 10.1. The molecule has 0 unspecified atom stereocenters. The molecule has 0 radical (unpaired) electrons. The molecule has 0 atom stereocenters. The number of aryl methyl sites for hydroxylation is 1. The molecule has 0 spiro atoms. The third kappa shape index (κ3) is 5.12. The Bertz CT molecular complexity index is 1100. The second-order valence-corrected chi connectivity index (χ2v) is 7.74. The third-order valence-corrected chi connectivity index (χ3v) is 4.72. The predicted octanol–water partition coefficient (Wildman–Crippen LogP) is 3.76. The second-order valence-electron chi connectivity index (χ2n) is 6.31. The minimum absolute atomic E-state index is 0.0585. The number of carbonyl (C=O) groups is 1. The first-order valence-electron chi connectivity index (χ1n) is 8.22. The molecule has 2 N–H and O–H groups in total. The molecule has 0 fully saturated rings. The van der Waals surface area contributed by atoms with Gasteiger partial charge in [-0.1, -0.05) is 5.22 Å². The molecular weight excluding hydrogens is 404 g/mol. The average molecular weight is 422 g/mol. The summed E-state index contributed by atoms with van der Waals surface area (Å²) in [4.78, 5) is 21.3. The molecule has 0 saturated carbocycles. The Morgan fingerprint density at radius 3 is 2.34 bits per heavy atom. The second kappa shape index (κ2) is 8.32. The van der Waals surface area contributed by atoms with Gasteiger partial charge in [-0.25, -0.2) is 9.80 Å². The number of nitro benzene ring substituents is 1. The highest BCUT2D eigenvalue weighted by Gasteiger charge is 2.22. The van der Waals surface area contributed by atoms with Crippen molar-refractivity contribution in [1.82, 2.24) is 0 Å². The van der Waals surface area contributed by atoms with Gasteiger partial charge in [0, 0.05) is 18.2 Å². The molecule has 0 aliphatic heterocycles. The van der Waals surface area contributed by atoms with Crippen LogP contribution in [0.1, 0.15) is 29.8 Å². The zero-order chi connectivity index (χ0) is 21.9. The van der Waals surface area contributed by atoms with Crippen molar-refractivity contribution in [2.24, 2.45) is 10.3 Å². The number of aromatic carboxylic acids is 1. The van der Waals surface area contributed by atoms with Crippen molar-refractivity contribution >= 4 is 33.1 Å². The van der Waals surface area contributed by atoms with E-state index in [9.17, 15) is 28.4 Å². The largest absolute Gasteiger partial charge is 0.478 e. The zero-order valence-corrected chi connectivity index (χ0v) is 16.5. The maximum atomic E-state index is 11.6. The van der Waals surface area contributed by atoms with E-state index in [0.29, 0.717) is 11.3 Å². The topological polar surface area (TPSA) is 163 Å². The minimum Gasteiger partial charge on any atom is -0.478 e. The summed E-state index contributed by atoms with van der Waals surface area (Å²) in [5.74, 6) is -1.42. The van der Waals surface area contributed by atoms with Crippen molar-refractivity contribution in [3.8, 4) is 0 Å². The van der Waals surface area contributed by atoms with E-state index in [4.69, 9.17) is 4.55 Å². The van der Waals surface area contributed by atoms with Crippen LogP contribution in [-0.2, 0) is 10.1 Å². The Morgan fingerprint density at radius 2 is 1.86 bits per heavy atom. The zero-order valence-electron chi connectivity index (χ0n) is 15.7. The summed E-state index contributed by atoms with van der Waals surface area (Å²) in [6, 6.07) is 6.73. The van der Waals surface area contributed by atoms with Crippen LogP contribution >= 0.6 is 0 Å². The van der Waals surface area contributed by atoms with Crippen LogP contribution in [0.25, 0.3) is 0 Å². The Hall–Kier alpha value is -3.38. The first kappa shape index (κ1) is 21.9. The van der Waals surface area contributed by atoms with Gasteiger partial charge in [-0.15, -0.1) is 5.11 Å². The van der Waals surface area contributed by atoms with Gasteiger partial charge in [-0.3, -0.25) is 14.7 Å². The van der Waals surface area contributed by atoms with E-state index >= 15 is 0 Å². The molecular formula is C17H18N4O7S. The number of anilines is 1. The molecule has 11 nitrogen and oxygen atoms in total. The average Bonchev–Trinajstić information content (AvgIpc) is 2.61. The third-order valence-electron chi connectivity index (χ3n) is 3.87. The molecule has 2 aromatic rings. The molecule has 12 heteroatoms. The van der Waals surface area contributed by atoms with Crippen molar-refractivity contribution in [1.29, 1.82) is 0 Å². The van der Waals surface area contributed by atoms with E-state index in [2.05, 4.69) is 10.3 Å². The fourth-order valence-electron chi connectivity index (χ4n) is 2.44. The van der Waals surface area contributed by atoms with Crippen LogP contribution in [0.2, 0.25) is 0 Å². The summed E-state index contributed by atoms with van der Waals surface area (Å²) in [7, 11) is -4.58. The Kier molecular flexibility index (Phi) is 6.29. The van der Waals surface area contributed by atoms with Gasteiger partial charge in [0.05, 0.1) is 26.8 Å². The first-order chi connectivity index (χ1) is 13.4. The number of carboxylic acid groups (broad SMARTS) is 1. The van der Waals surface area contributed by atoms with Crippen LogP contribution in [0.3, 0.4) is 0 Å². The van der Waals surface area contributed by atoms with Crippen molar-refractivity contribution in [2.75, 3.05) is 5.01 Å². The van der Waals surface area contributed by atoms with Crippen LogP contribution in [0.4, 0.5) is 17.1 Å². The van der Waals surface area contributed by atoms with E-state index < -0.39 is 31.5 Å². The van der Waals surface area contributed by atoms with Crippen LogP contribution < -0.4 is 5.01 Å². The van der Waals surface area contributed by atoms with Gasteiger partial charge in [0.15, 0.2) is 0 Å². The van der Waals surface area contributed by atoms with Crippen molar-refractivity contribution in [3.05, 3.63) is 57.6 Å². The number of benzene rings is 2. The monoisotopic (exact) mass is 422 g/mol. The molecule has 2 aromatic carbocycles. The van der Waals surface area contributed by atoms with Gasteiger partial charge < -0.3 is 5.11 Å². The highest BCUT2D eigenvalue weighted by Crippen LogP contribution is 2.29. The summed E-state index contributed by atoms with van der Waals surface area (Å²) in [6.07, 6.45) is 0. The molecule has 0 aromatic heterocycles. The normalized spacial score (nSPS) is 11.8. The van der Waals surface area contributed by atoms with Crippen molar-refractivity contribution in [2.45, 2.75) is 31.7 Å². The lowest BCUT2D eigenvalue weighted by molar-refractivity contribution is -0.384. The Labute approximate surface area is 166 Å². The minimum atomic E-state index is -4.58. The molecule has 0 amide bonds. The lowest BCUT2D eigenvalue weighted by Gasteiger charge is -2.23. The van der Waals surface area contributed by atoms with E-state index in [0.717, 1.165) is 12.1 Å². The number of non-ortho nitro benzene ring substituents is 1. The van der Waals surface area contributed by atoms with Crippen LogP contribution in [-0.4, -0.2) is 35.0 Å². The molecule has 0 aliphatic carbocycles. The van der Waals surface area contributed by atoms with Crippen molar-refractivity contribution in [3.63, 3.8) is 0 Å². The van der Waals surface area contributed by atoms with Gasteiger partial charge in [0.1, 0.15) is 0 Å². The van der Waals surface area contributed by atoms with Gasteiger partial charge in [-0.2, -0.15) is 8.42 Å². The molecule has 2 rings (SSSR count). The number of nitro groups is 1. The Morgan fingerprint density at radius 1 is 1.21 bits per heavy atom. The summed E-state index contributed by atoms with van der Waals surface area (Å²) in [5, 5.41) is 29.6. The quantitative estimate of drug-likeness (QED) is 0.295. The Balaban J connectivity index is 2.51. The highest BCUT2D eigenvalue weighted by molar-refractivity contribution is 7.85. The standard InChI is InChI=1S/C17H18N4O7S/c1-10(2)20(19-18-15-6-4-12(21(24)25)8-11(15)3)16-7-5-13(29(26,27)28)9-14(16)17(22)23/h4-10H,1-3H3,(H,22,23)(H,26,27,28). The van der Waals surface area contributed by atoms with E-state index in [1.807, 2.05) is 0 Å². The van der Waals surface area contributed by atoms with Crippen LogP contribution in [0, 0.1) is 17.0 Å². The number of carboxylic acids is 1. The summed E-state index contributed by atoms with van der Waals surface area (Å²) in [5.41, 5.74) is 0.395. The SMILES string of the molecule is Cc1cc([N+](=O)[O-])ccc1N=NN(c1ccc(S(=O)(=O)O)cc1C(=O)O)C(C)C. The molecule has 0 saturated heterocycles. The lowest BCUT2D eigenvalue weighted by Crippen LogP contribution is -2.26. The molecule has 154 valence electrons. The predicted molar refractivity (Wildman–Crippen MR) is 103 cm³/mol. The summed E-state index contributed by atoms with van der Waals surface area (Å²) < 4.78 is 31.8. The molecule has 0 aliphatic rings. The summed E-state index contributed by atoms with van der Waals surface area (Å²) in [6.45, 7) is 5.04. The number of rotatable bonds is 7. The number of hydrogen-bond donors (Lipinski definition) is 2.